The summed E-state index contributed by atoms with van der Waals surface area (Å²) < 4.78 is 8.06. The van der Waals surface area contributed by atoms with Gasteiger partial charge in [0.25, 0.3) is 5.91 Å². The fraction of sp³-hybridized carbons (Fsp3) is 0.500. The number of carbonyl (C=O) groups excluding carboxylic acids is 1. The van der Waals surface area contributed by atoms with Gasteiger partial charge in [-0.15, -0.1) is 0 Å². The topological polar surface area (TPSA) is 50.6 Å². The molecule has 2 aliphatic rings. The summed E-state index contributed by atoms with van der Waals surface area (Å²) in [7, 11) is 4.00. The fourth-order valence-corrected chi connectivity index (χ4v) is 4.12. The zero-order valence-corrected chi connectivity index (χ0v) is 15.5. The Bertz CT molecular complexity index is 765. The maximum absolute atomic E-state index is 12.6. The Balaban J connectivity index is 1.37. The number of amides is 1. The Kier molecular flexibility index (Phi) is 4.44. The number of carbonyl (C=O) groups is 1. The predicted molar refractivity (Wildman–Crippen MR) is 100 cm³/mol. The van der Waals surface area contributed by atoms with E-state index < -0.39 is 0 Å². The quantitative estimate of drug-likeness (QED) is 0.849. The maximum Gasteiger partial charge on any atom is 0.289 e. The van der Waals surface area contributed by atoms with E-state index in [1.807, 2.05) is 24.2 Å². The second-order valence-electron chi connectivity index (χ2n) is 7.45. The van der Waals surface area contributed by atoms with Crippen LogP contribution in [0.2, 0.25) is 0 Å². The highest BCUT2D eigenvalue weighted by molar-refractivity contribution is 5.90. The highest BCUT2D eigenvalue weighted by Gasteiger charge is 2.44. The number of nitrogens with zero attached hydrogens (tertiary/aromatic N) is 4. The summed E-state index contributed by atoms with van der Waals surface area (Å²) in [6.45, 7) is 2.21. The molecule has 0 aliphatic carbocycles. The van der Waals surface area contributed by atoms with Crippen LogP contribution in [0.4, 0.5) is 5.69 Å². The molecule has 0 radical (unpaired) electrons. The minimum absolute atomic E-state index is 0.0169. The van der Waals surface area contributed by atoms with Crippen molar-refractivity contribution in [3.63, 3.8) is 0 Å². The Morgan fingerprint density at radius 2 is 2.00 bits per heavy atom. The molecule has 1 atom stereocenters. The SMILES string of the molecule is CN(c1ccccc1)C1COC2(CCN(C(=O)c3nccn3C)CC2)C1. The number of hydrogen-bond acceptors (Lipinski definition) is 4. The van der Waals surface area contributed by atoms with Crippen LogP contribution in [0.1, 0.15) is 29.9 Å². The van der Waals surface area contributed by atoms with E-state index in [0.717, 1.165) is 39.0 Å². The third kappa shape index (κ3) is 3.09. The largest absolute Gasteiger partial charge is 0.373 e. The zero-order valence-electron chi connectivity index (χ0n) is 15.5. The number of ether oxygens (including phenoxy) is 1. The van der Waals surface area contributed by atoms with Gasteiger partial charge in [-0.2, -0.15) is 0 Å². The highest BCUT2D eigenvalue weighted by atomic mass is 16.5. The first kappa shape index (κ1) is 17.1. The molecule has 2 fully saturated rings. The van der Waals surface area contributed by atoms with Crippen molar-refractivity contribution in [3.8, 4) is 0 Å². The standard InChI is InChI=1S/C20H26N4O2/c1-22-13-10-21-18(22)19(25)24-11-8-20(9-12-24)14-17(15-26-20)23(2)16-6-4-3-5-7-16/h3-7,10,13,17H,8-9,11-12,14-15H2,1-2H3. The number of aromatic nitrogens is 2. The lowest BCUT2D eigenvalue weighted by Crippen LogP contribution is -2.47. The first-order chi connectivity index (χ1) is 12.6. The smallest absolute Gasteiger partial charge is 0.289 e. The molecular weight excluding hydrogens is 328 g/mol. The van der Waals surface area contributed by atoms with Crippen LogP contribution in [-0.4, -0.2) is 58.7 Å². The molecule has 1 unspecified atom stereocenters. The summed E-state index contributed by atoms with van der Waals surface area (Å²) in [6, 6.07) is 10.8. The molecular formula is C20H26N4O2. The van der Waals surface area contributed by atoms with Gasteiger partial charge in [0.15, 0.2) is 5.82 Å². The van der Waals surface area contributed by atoms with Crippen LogP contribution in [0, 0.1) is 0 Å². The number of rotatable bonds is 3. The Morgan fingerprint density at radius 1 is 1.27 bits per heavy atom. The Hall–Kier alpha value is -2.34. The van der Waals surface area contributed by atoms with E-state index in [1.54, 1.807) is 10.8 Å². The first-order valence-corrected chi connectivity index (χ1v) is 9.26. The average molecular weight is 354 g/mol. The van der Waals surface area contributed by atoms with Crippen LogP contribution >= 0.6 is 0 Å². The first-order valence-electron chi connectivity index (χ1n) is 9.26. The molecule has 2 saturated heterocycles. The number of para-hydroxylation sites is 1. The van der Waals surface area contributed by atoms with Gasteiger partial charge in [0.2, 0.25) is 0 Å². The molecule has 0 saturated carbocycles. The lowest BCUT2D eigenvalue weighted by atomic mass is 9.87. The lowest BCUT2D eigenvalue weighted by molar-refractivity contribution is -0.0390. The van der Waals surface area contributed by atoms with E-state index in [1.165, 1.54) is 5.69 Å². The van der Waals surface area contributed by atoms with Crippen LogP contribution in [0.5, 0.6) is 0 Å². The minimum atomic E-state index is -0.0911. The van der Waals surface area contributed by atoms with Crippen molar-refractivity contribution >= 4 is 11.6 Å². The van der Waals surface area contributed by atoms with E-state index in [2.05, 4.69) is 41.2 Å². The molecule has 6 heteroatoms. The van der Waals surface area contributed by atoms with E-state index in [-0.39, 0.29) is 11.5 Å². The number of aryl methyl sites for hydroxylation is 1. The third-order valence-corrected chi connectivity index (χ3v) is 5.88. The van der Waals surface area contributed by atoms with Gasteiger partial charge >= 0.3 is 0 Å². The van der Waals surface area contributed by atoms with E-state index in [0.29, 0.717) is 11.9 Å². The van der Waals surface area contributed by atoms with Gasteiger partial charge in [0, 0.05) is 45.3 Å². The van der Waals surface area contributed by atoms with Crippen molar-refractivity contribution in [1.29, 1.82) is 0 Å². The van der Waals surface area contributed by atoms with Crippen LogP contribution in [0.3, 0.4) is 0 Å². The average Bonchev–Trinajstić information content (AvgIpc) is 3.29. The van der Waals surface area contributed by atoms with Gasteiger partial charge in [-0.1, -0.05) is 18.2 Å². The summed E-state index contributed by atoms with van der Waals surface area (Å²) in [5.41, 5.74) is 1.13. The number of hydrogen-bond donors (Lipinski definition) is 0. The van der Waals surface area contributed by atoms with Crippen molar-refractivity contribution in [3.05, 3.63) is 48.5 Å². The Labute approximate surface area is 154 Å². The molecule has 138 valence electrons. The van der Waals surface area contributed by atoms with Gasteiger partial charge in [0.05, 0.1) is 18.2 Å². The van der Waals surface area contributed by atoms with Crippen molar-refractivity contribution in [2.75, 3.05) is 31.6 Å². The third-order valence-electron chi connectivity index (χ3n) is 5.88. The van der Waals surface area contributed by atoms with Crippen molar-refractivity contribution in [2.45, 2.75) is 30.9 Å². The van der Waals surface area contributed by atoms with E-state index in [9.17, 15) is 4.79 Å². The molecule has 2 aromatic rings. The number of likely N-dealkylation sites (tertiary alicyclic amines) is 1. The number of benzene rings is 1. The monoisotopic (exact) mass is 354 g/mol. The van der Waals surface area contributed by atoms with Crippen molar-refractivity contribution in [1.82, 2.24) is 14.5 Å². The molecule has 4 rings (SSSR count). The predicted octanol–water partition coefficient (Wildman–Crippen LogP) is 2.32. The molecule has 6 nitrogen and oxygen atoms in total. The second kappa shape index (κ2) is 6.76. The van der Waals surface area contributed by atoms with Crippen molar-refractivity contribution < 1.29 is 9.53 Å². The summed E-state index contributed by atoms with van der Waals surface area (Å²) in [5, 5.41) is 0. The van der Waals surface area contributed by atoms with E-state index in [4.69, 9.17) is 4.74 Å². The van der Waals surface area contributed by atoms with E-state index >= 15 is 0 Å². The molecule has 26 heavy (non-hydrogen) atoms. The summed E-state index contributed by atoms with van der Waals surface area (Å²) in [4.78, 5) is 21.0. The number of piperidine rings is 1. The highest BCUT2D eigenvalue weighted by Crippen LogP contribution is 2.38. The van der Waals surface area contributed by atoms with Crippen molar-refractivity contribution in [2.24, 2.45) is 7.05 Å². The van der Waals surface area contributed by atoms with Crippen LogP contribution in [-0.2, 0) is 11.8 Å². The lowest BCUT2D eigenvalue weighted by Gasteiger charge is -2.38. The molecule has 3 heterocycles. The minimum Gasteiger partial charge on any atom is -0.373 e. The summed E-state index contributed by atoms with van der Waals surface area (Å²) in [6.07, 6.45) is 6.28. The molecule has 1 amide bonds. The normalized spacial score (nSPS) is 21.9. The number of anilines is 1. The van der Waals surface area contributed by atoms with Gasteiger partial charge in [0.1, 0.15) is 0 Å². The second-order valence-corrected chi connectivity index (χ2v) is 7.45. The van der Waals surface area contributed by atoms with Gasteiger partial charge in [-0.3, -0.25) is 4.79 Å². The molecule has 1 aromatic heterocycles. The summed E-state index contributed by atoms with van der Waals surface area (Å²) in [5.74, 6) is 0.526. The van der Waals surface area contributed by atoms with Crippen LogP contribution in [0.15, 0.2) is 42.7 Å². The molecule has 1 aromatic carbocycles. The maximum atomic E-state index is 12.6. The number of likely N-dealkylation sites (N-methyl/N-ethyl adjacent to an activating group) is 1. The van der Waals surface area contributed by atoms with Crippen LogP contribution < -0.4 is 4.90 Å². The fourth-order valence-electron chi connectivity index (χ4n) is 4.12. The van der Waals surface area contributed by atoms with Gasteiger partial charge in [-0.25, -0.2) is 4.98 Å². The van der Waals surface area contributed by atoms with Gasteiger partial charge in [-0.05, 0) is 31.4 Å². The molecule has 0 N–H and O–H groups in total. The van der Waals surface area contributed by atoms with Gasteiger partial charge < -0.3 is 19.1 Å². The molecule has 1 spiro atoms. The zero-order chi connectivity index (χ0) is 18.1. The summed E-state index contributed by atoms with van der Waals surface area (Å²) >= 11 is 0. The number of imidazole rings is 1. The molecule has 2 aliphatic heterocycles. The Morgan fingerprint density at radius 3 is 2.65 bits per heavy atom. The molecule has 0 bridgehead atoms. The van der Waals surface area contributed by atoms with Crippen LogP contribution in [0.25, 0.3) is 0 Å².